The van der Waals surface area contributed by atoms with Crippen LogP contribution in [0.15, 0.2) is 42.7 Å². The Labute approximate surface area is 116 Å². The number of aromatic nitrogens is 2. The van der Waals surface area contributed by atoms with Crippen molar-refractivity contribution in [2.75, 3.05) is 0 Å². The smallest absolute Gasteiger partial charge is 0.309 e. The van der Waals surface area contributed by atoms with E-state index in [2.05, 4.69) is 5.10 Å². The molecule has 0 spiro atoms. The molecule has 0 saturated heterocycles. The Morgan fingerprint density at radius 1 is 1.25 bits per heavy atom. The number of nitrogens with zero attached hydrogens (tertiary/aromatic N) is 2. The predicted octanol–water partition coefficient (Wildman–Crippen LogP) is 2.56. The third kappa shape index (κ3) is 2.93. The van der Waals surface area contributed by atoms with Crippen molar-refractivity contribution < 1.29 is 14.7 Å². The fourth-order valence-electron chi connectivity index (χ4n) is 1.77. The lowest BCUT2D eigenvalue weighted by molar-refractivity contribution is -0.146. The number of hydrogen-bond acceptors (Lipinski definition) is 3. The number of carbonyl (C=O) groups is 2. The van der Waals surface area contributed by atoms with Gasteiger partial charge in [0, 0.05) is 12.6 Å². The Bertz CT molecular complexity index is 630. The first kappa shape index (κ1) is 14.0. The second-order valence-corrected chi connectivity index (χ2v) is 5.30. The van der Waals surface area contributed by atoms with E-state index in [1.807, 2.05) is 30.3 Å². The van der Waals surface area contributed by atoms with E-state index < -0.39 is 11.4 Å². The first-order valence-corrected chi connectivity index (χ1v) is 6.27. The molecule has 0 amide bonds. The van der Waals surface area contributed by atoms with Gasteiger partial charge in [-0.2, -0.15) is 5.10 Å². The summed E-state index contributed by atoms with van der Waals surface area (Å²) in [6.07, 6.45) is 3.03. The summed E-state index contributed by atoms with van der Waals surface area (Å²) in [5.41, 5.74) is 0.193. The number of benzene rings is 1. The van der Waals surface area contributed by atoms with Gasteiger partial charge in [-0.05, 0) is 26.0 Å². The van der Waals surface area contributed by atoms with Gasteiger partial charge in [-0.15, -0.1) is 0 Å². The van der Waals surface area contributed by atoms with Crippen LogP contribution in [0.25, 0.3) is 5.69 Å². The largest absolute Gasteiger partial charge is 0.481 e. The Morgan fingerprint density at radius 3 is 2.50 bits per heavy atom. The number of carboxylic acids is 1. The summed E-state index contributed by atoms with van der Waals surface area (Å²) >= 11 is 0. The Morgan fingerprint density at radius 2 is 1.90 bits per heavy atom. The minimum Gasteiger partial charge on any atom is -0.481 e. The van der Waals surface area contributed by atoms with Crippen LogP contribution in [0.5, 0.6) is 0 Å². The Kier molecular flexibility index (Phi) is 3.70. The minimum atomic E-state index is -1.08. The predicted molar refractivity (Wildman–Crippen MR) is 73.9 cm³/mol. The Balaban J connectivity index is 2.17. The van der Waals surface area contributed by atoms with E-state index in [9.17, 15) is 9.59 Å². The molecule has 5 nitrogen and oxygen atoms in total. The van der Waals surface area contributed by atoms with Crippen LogP contribution >= 0.6 is 0 Å². The van der Waals surface area contributed by atoms with Gasteiger partial charge in [0.2, 0.25) is 0 Å². The van der Waals surface area contributed by atoms with Crippen LogP contribution in [0.2, 0.25) is 0 Å². The van der Waals surface area contributed by atoms with Crippen molar-refractivity contribution in [3.8, 4) is 5.69 Å². The third-order valence-corrected chi connectivity index (χ3v) is 3.11. The van der Waals surface area contributed by atoms with Gasteiger partial charge in [0.25, 0.3) is 0 Å². The second-order valence-electron chi connectivity index (χ2n) is 5.30. The van der Waals surface area contributed by atoms with Gasteiger partial charge in [0.15, 0.2) is 5.78 Å². The summed E-state index contributed by atoms with van der Waals surface area (Å²) in [6, 6.07) is 9.41. The van der Waals surface area contributed by atoms with Crippen LogP contribution in [-0.4, -0.2) is 26.6 Å². The zero-order chi connectivity index (χ0) is 14.8. The standard InChI is InChI=1S/C15H16N2O3/c1-15(2,14(19)20)8-13(18)11-9-16-17(10-11)12-6-4-3-5-7-12/h3-7,9-10H,8H2,1-2H3,(H,19,20). The molecule has 2 rings (SSSR count). The number of para-hydroxylation sites is 1. The van der Waals surface area contributed by atoms with Crippen molar-refractivity contribution in [1.29, 1.82) is 0 Å². The monoisotopic (exact) mass is 272 g/mol. The van der Waals surface area contributed by atoms with Crippen LogP contribution in [0.1, 0.15) is 30.6 Å². The van der Waals surface area contributed by atoms with Crippen LogP contribution in [0, 0.1) is 5.41 Å². The zero-order valence-electron chi connectivity index (χ0n) is 11.4. The maximum absolute atomic E-state index is 12.1. The minimum absolute atomic E-state index is 0.0528. The van der Waals surface area contributed by atoms with E-state index in [0.717, 1.165) is 5.69 Å². The third-order valence-electron chi connectivity index (χ3n) is 3.11. The van der Waals surface area contributed by atoms with Crippen molar-refractivity contribution >= 4 is 11.8 Å². The molecule has 0 saturated carbocycles. The van der Waals surface area contributed by atoms with Crippen LogP contribution in [0.3, 0.4) is 0 Å². The molecular weight excluding hydrogens is 256 g/mol. The van der Waals surface area contributed by atoms with E-state index in [-0.39, 0.29) is 12.2 Å². The van der Waals surface area contributed by atoms with Gasteiger partial charge < -0.3 is 5.11 Å². The quantitative estimate of drug-likeness (QED) is 0.849. The highest BCUT2D eigenvalue weighted by atomic mass is 16.4. The van der Waals surface area contributed by atoms with Crippen molar-refractivity contribution in [3.05, 3.63) is 48.3 Å². The number of carboxylic acid groups (broad SMARTS) is 1. The second kappa shape index (κ2) is 5.28. The summed E-state index contributed by atoms with van der Waals surface area (Å²) in [5.74, 6) is -1.21. The summed E-state index contributed by atoms with van der Waals surface area (Å²) in [6.45, 7) is 3.07. The highest BCUT2D eigenvalue weighted by Gasteiger charge is 2.30. The molecule has 1 N–H and O–H groups in total. The van der Waals surface area contributed by atoms with E-state index in [1.165, 1.54) is 20.0 Å². The fraction of sp³-hybridized carbons (Fsp3) is 0.267. The van der Waals surface area contributed by atoms with Crippen LogP contribution in [-0.2, 0) is 4.79 Å². The SMILES string of the molecule is CC(C)(CC(=O)c1cnn(-c2ccccc2)c1)C(=O)O. The number of ketones is 1. The van der Waals surface area contributed by atoms with E-state index >= 15 is 0 Å². The molecule has 5 heteroatoms. The normalized spacial score (nSPS) is 11.3. The molecule has 2 aromatic rings. The van der Waals surface area contributed by atoms with E-state index in [1.54, 1.807) is 10.9 Å². The molecule has 20 heavy (non-hydrogen) atoms. The van der Waals surface area contributed by atoms with Crippen molar-refractivity contribution in [2.24, 2.45) is 5.41 Å². The summed E-state index contributed by atoms with van der Waals surface area (Å²) in [7, 11) is 0. The fourth-order valence-corrected chi connectivity index (χ4v) is 1.77. The molecule has 0 fully saturated rings. The van der Waals surface area contributed by atoms with Crippen molar-refractivity contribution in [3.63, 3.8) is 0 Å². The molecule has 1 aromatic heterocycles. The molecular formula is C15H16N2O3. The lowest BCUT2D eigenvalue weighted by atomic mass is 9.86. The zero-order valence-corrected chi connectivity index (χ0v) is 11.4. The van der Waals surface area contributed by atoms with E-state index in [4.69, 9.17) is 5.11 Å². The topological polar surface area (TPSA) is 72.2 Å². The molecule has 104 valence electrons. The molecule has 0 atom stereocenters. The molecule has 1 aromatic carbocycles. The molecule has 0 radical (unpaired) electrons. The van der Waals surface area contributed by atoms with Gasteiger partial charge in [0.1, 0.15) is 0 Å². The van der Waals surface area contributed by atoms with Gasteiger partial charge >= 0.3 is 5.97 Å². The highest BCUT2D eigenvalue weighted by molar-refractivity contribution is 5.98. The Hall–Kier alpha value is -2.43. The van der Waals surface area contributed by atoms with Gasteiger partial charge in [-0.25, -0.2) is 4.68 Å². The lowest BCUT2D eigenvalue weighted by Crippen LogP contribution is -2.26. The summed E-state index contributed by atoms with van der Waals surface area (Å²) in [4.78, 5) is 23.1. The number of rotatable bonds is 5. The van der Waals surface area contributed by atoms with Gasteiger partial charge in [0.05, 0.1) is 22.9 Å². The number of carbonyl (C=O) groups excluding carboxylic acids is 1. The molecule has 0 aliphatic carbocycles. The molecule has 0 unspecified atom stereocenters. The maximum Gasteiger partial charge on any atom is 0.309 e. The first-order valence-electron chi connectivity index (χ1n) is 6.27. The van der Waals surface area contributed by atoms with Gasteiger partial charge in [-0.1, -0.05) is 18.2 Å². The average Bonchev–Trinajstić information content (AvgIpc) is 2.88. The van der Waals surface area contributed by atoms with Crippen molar-refractivity contribution in [1.82, 2.24) is 9.78 Å². The van der Waals surface area contributed by atoms with Crippen LogP contribution in [0.4, 0.5) is 0 Å². The molecule has 0 aliphatic heterocycles. The van der Waals surface area contributed by atoms with Gasteiger partial charge in [-0.3, -0.25) is 9.59 Å². The summed E-state index contributed by atoms with van der Waals surface area (Å²) < 4.78 is 1.60. The first-order chi connectivity index (χ1) is 9.40. The number of aliphatic carboxylic acids is 1. The summed E-state index contributed by atoms with van der Waals surface area (Å²) in [5, 5.41) is 13.2. The average molecular weight is 272 g/mol. The molecule has 0 bridgehead atoms. The number of hydrogen-bond donors (Lipinski definition) is 1. The van der Waals surface area contributed by atoms with Crippen LogP contribution < -0.4 is 0 Å². The van der Waals surface area contributed by atoms with Crippen molar-refractivity contribution in [2.45, 2.75) is 20.3 Å². The molecule has 0 aliphatic rings. The number of Topliss-reactive ketones (excluding diaryl/α,β-unsaturated/α-hetero) is 1. The lowest BCUT2D eigenvalue weighted by Gasteiger charge is -2.16. The highest BCUT2D eigenvalue weighted by Crippen LogP contribution is 2.23. The van der Waals surface area contributed by atoms with E-state index in [0.29, 0.717) is 5.56 Å². The molecule has 1 heterocycles. The maximum atomic E-state index is 12.1.